The van der Waals surface area contributed by atoms with Gasteiger partial charge in [-0.2, -0.15) is 0 Å². The Bertz CT molecular complexity index is 585. The van der Waals surface area contributed by atoms with Crippen LogP contribution in [-0.4, -0.2) is 23.1 Å². The molecule has 1 N–H and O–H groups in total. The first-order valence-electron chi connectivity index (χ1n) is 6.99. The lowest BCUT2D eigenvalue weighted by Crippen LogP contribution is -2.25. The van der Waals surface area contributed by atoms with E-state index in [1.807, 2.05) is 12.1 Å². The fraction of sp³-hybridized carbons (Fsp3) is 0.294. The summed E-state index contributed by atoms with van der Waals surface area (Å²) >= 11 is 5.97. The van der Waals surface area contributed by atoms with Crippen molar-refractivity contribution in [2.24, 2.45) is 0 Å². The summed E-state index contributed by atoms with van der Waals surface area (Å²) in [6.07, 6.45) is 2.20. The number of hydrogen-bond donors (Lipinski definition) is 1. The Labute approximate surface area is 124 Å². The fourth-order valence-corrected chi connectivity index (χ4v) is 2.98. The van der Waals surface area contributed by atoms with Crippen LogP contribution in [-0.2, 0) is 19.4 Å². The number of hydrogen-bond acceptors (Lipinski definition) is 2. The summed E-state index contributed by atoms with van der Waals surface area (Å²) < 4.78 is 0. The molecule has 2 aromatic carbocycles. The van der Waals surface area contributed by atoms with E-state index >= 15 is 0 Å². The molecule has 1 aliphatic rings. The molecule has 3 heteroatoms. The highest BCUT2D eigenvalue weighted by molar-refractivity contribution is 6.32. The van der Waals surface area contributed by atoms with Crippen LogP contribution in [0.5, 0.6) is 5.75 Å². The van der Waals surface area contributed by atoms with E-state index in [-0.39, 0.29) is 5.75 Å². The molecule has 0 unspecified atom stereocenters. The molecule has 0 aromatic heterocycles. The minimum absolute atomic E-state index is 0.152. The molecular formula is C17H18ClNO. The molecule has 0 bridgehead atoms. The van der Waals surface area contributed by atoms with Crippen molar-refractivity contribution in [3.05, 3.63) is 64.2 Å². The lowest BCUT2D eigenvalue weighted by molar-refractivity contribution is 0.279. The molecule has 20 heavy (non-hydrogen) atoms. The number of fused-ring (bicyclic) bond motifs is 1. The predicted octanol–water partition coefficient (Wildman–Crippen LogP) is 3.65. The van der Waals surface area contributed by atoms with Crippen LogP contribution in [0.2, 0.25) is 5.02 Å². The van der Waals surface area contributed by atoms with Crippen LogP contribution in [0.3, 0.4) is 0 Å². The molecule has 104 valence electrons. The Morgan fingerprint density at radius 3 is 2.25 bits per heavy atom. The second-order valence-electron chi connectivity index (χ2n) is 5.33. The minimum Gasteiger partial charge on any atom is -0.506 e. The van der Waals surface area contributed by atoms with Crippen LogP contribution in [0.1, 0.15) is 16.7 Å². The molecule has 1 aliphatic heterocycles. The smallest absolute Gasteiger partial charge is 0.134 e. The van der Waals surface area contributed by atoms with Gasteiger partial charge < -0.3 is 5.11 Å². The largest absolute Gasteiger partial charge is 0.506 e. The SMILES string of the molecule is Oc1ccc(CN2CCc3ccccc3CC2)cc1Cl. The van der Waals surface area contributed by atoms with Gasteiger partial charge in [-0.25, -0.2) is 0 Å². The lowest BCUT2D eigenvalue weighted by Gasteiger charge is -2.20. The van der Waals surface area contributed by atoms with E-state index < -0.39 is 0 Å². The minimum atomic E-state index is 0.152. The maximum Gasteiger partial charge on any atom is 0.134 e. The van der Waals surface area contributed by atoms with Crippen LogP contribution in [0.4, 0.5) is 0 Å². The fourth-order valence-electron chi connectivity index (χ4n) is 2.78. The lowest BCUT2D eigenvalue weighted by atomic mass is 10.0. The van der Waals surface area contributed by atoms with Gasteiger partial charge in [0.15, 0.2) is 0 Å². The van der Waals surface area contributed by atoms with Gasteiger partial charge in [-0.05, 0) is 41.7 Å². The van der Waals surface area contributed by atoms with Gasteiger partial charge in [0, 0.05) is 19.6 Å². The molecule has 0 aliphatic carbocycles. The first-order valence-corrected chi connectivity index (χ1v) is 7.37. The summed E-state index contributed by atoms with van der Waals surface area (Å²) in [6, 6.07) is 14.2. The van der Waals surface area contributed by atoms with Gasteiger partial charge in [0.25, 0.3) is 0 Å². The normalized spacial score (nSPS) is 15.7. The summed E-state index contributed by atoms with van der Waals surface area (Å²) in [5.74, 6) is 0.152. The highest BCUT2D eigenvalue weighted by Crippen LogP contribution is 2.25. The third-order valence-corrected chi connectivity index (χ3v) is 4.23. The summed E-state index contributed by atoms with van der Waals surface area (Å²) in [4.78, 5) is 2.45. The maximum atomic E-state index is 9.47. The number of aromatic hydroxyl groups is 1. The summed E-state index contributed by atoms with van der Waals surface area (Å²) in [7, 11) is 0. The van der Waals surface area contributed by atoms with Crippen molar-refractivity contribution in [2.45, 2.75) is 19.4 Å². The standard InChI is InChI=1S/C17H18ClNO/c18-16-11-13(5-6-17(16)20)12-19-9-7-14-3-1-2-4-15(14)8-10-19/h1-6,11,20H,7-10,12H2. The first kappa shape index (κ1) is 13.5. The van der Waals surface area contributed by atoms with Crippen molar-refractivity contribution >= 4 is 11.6 Å². The number of halogens is 1. The van der Waals surface area contributed by atoms with E-state index in [2.05, 4.69) is 29.2 Å². The van der Waals surface area contributed by atoms with E-state index in [0.29, 0.717) is 5.02 Å². The molecule has 0 amide bonds. The topological polar surface area (TPSA) is 23.5 Å². The van der Waals surface area contributed by atoms with Gasteiger partial charge in [0.1, 0.15) is 5.75 Å². The van der Waals surface area contributed by atoms with Gasteiger partial charge >= 0.3 is 0 Å². The molecule has 2 nitrogen and oxygen atoms in total. The first-order chi connectivity index (χ1) is 9.72. The van der Waals surface area contributed by atoms with Crippen molar-refractivity contribution in [2.75, 3.05) is 13.1 Å². The summed E-state index contributed by atoms with van der Waals surface area (Å²) in [5, 5.41) is 9.90. The molecule has 0 atom stereocenters. The Balaban J connectivity index is 1.69. The highest BCUT2D eigenvalue weighted by atomic mass is 35.5. The Hall–Kier alpha value is -1.51. The van der Waals surface area contributed by atoms with Gasteiger partial charge in [0.05, 0.1) is 5.02 Å². The zero-order chi connectivity index (χ0) is 13.9. The van der Waals surface area contributed by atoms with E-state index in [4.69, 9.17) is 11.6 Å². The molecule has 0 fully saturated rings. The molecule has 0 radical (unpaired) electrons. The molecule has 3 rings (SSSR count). The van der Waals surface area contributed by atoms with Crippen molar-refractivity contribution in [3.63, 3.8) is 0 Å². The van der Waals surface area contributed by atoms with Gasteiger partial charge in [-0.1, -0.05) is 41.9 Å². The average Bonchev–Trinajstić information content (AvgIpc) is 2.66. The van der Waals surface area contributed by atoms with E-state index in [0.717, 1.165) is 38.0 Å². The van der Waals surface area contributed by atoms with Crippen LogP contribution in [0.15, 0.2) is 42.5 Å². The average molecular weight is 288 g/mol. The molecule has 2 aromatic rings. The highest BCUT2D eigenvalue weighted by Gasteiger charge is 2.14. The molecule has 0 saturated carbocycles. The van der Waals surface area contributed by atoms with Crippen molar-refractivity contribution in [3.8, 4) is 5.75 Å². The van der Waals surface area contributed by atoms with E-state index in [1.54, 1.807) is 6.07 Å². The van der Waals surface area contributed by atoms with Crippen LogP contribution < -0.4 is 0 Å². The van der Waals surface area contributed by atoms with E-state index in [9.17, 15) is 5.11 Å². The monoisotopic (exact) mass is 287 g/mol. The Kier molecular flexibility index (Phi) is 3.95. The molecule has 0 spiro atoms. The number of phenolic OH excluding ortho intramolecular Hbond substituents is 1. The van der Waals surface area contributed by atoms with Crippen molar-refractivity contribution in [1.82, 2.24) is 4.90 Å². The van der Waals surface area contributed by atoms with Crippen molar-refractivity contribution in [1.29, 1.82) is 0 Å². The number of benzene rings is 2. The zero-order valence-corrected chi connectivity index (χ0v) is 12.1. The molecular weight excluding hydrogens is 270 g/mol. The van der Waals surface area contributed by atoms with Crippen LogP contribution in [0.25, 0.3) is 0 Å². The number of rotatable bonds is 2. The second-order valence-corrected chi connectivity index (χ2v) is 5.74. The van der Waals surface area contributed by atoms with E-state index in [1.165, 1.54) is 11.1 Å². The van der Waals surface area contributed by atoms with Crippen LogP contribution in [0, 0.1) is 0 Å². The third kappa shape index (κ3) is 2.97. The molecule has 1 heterocycles. The Morgan fingerprint density at radius 2 is 1.65 bits per heavy atom. The number of nitrogens with zero attached hydrogens (tertiary/aromatic N) is 1. The second kappa shape index (κ2) is 5.86. The van der Waals surface area contributed by atoms with Crippen LogP contribution >= 0.6 is 11.6 Å². The van der Waals surface area contributed by atoms with Gasteiger partial charge in [-0.3, -0.25) is 4.90 Å². The quantitative estimate of drug-likeness (QED) is 0.911. The number of phenols is 1. The van der Waals surface area contributed by atoms with Gasteiger partial charge in [-0.15, -0.1) is 0 Å². The zero-order valence-electron chi connectivity index (χ0n) is 11.3. The Morgan fingerprint density at radius 1 is 1.00 bits per heavy atom. The van der Waals surface area contributed by atoms with Crippen molar-refractivity contribution < 1.29 is 5.11 Å². The molecule has 0 saturated heterocycles. The summed E-state index contributed by atoms with van der Waals surface area (Å²) in [5.41, 5.74) is 4.09. The third-order valence-electron chi connectivity index (χ3n) is 3.93. The maximum absolute atomic E-state index is 9.47. The summed E-state index contributed by atoms with van der Waals surface area (Å²) in [6.45, 7) is 3.01. The predicted molar refractivity (Wildman–Crippen MR) is 82.2 cm³/mol. The van der Waals surface area contributed by atoms with Gasteiger partial charge in [0.2, 0.25) is 0 Å².